The third-order valence-electron chi connectivity index (χ3n) is 3.06. The third-order valence-corrected chi connectivity index (χ3v) is 3.38. The SMILES string of the molecule is CN(CC(=O)NC1CC1)C(=O)c1ccc([N+](=O)[O-])cc1Cl. The van der Waals surface area contributed by atoms with Crippen molar-refractivity contribution in [1.82, 2.24) is 10.2 Å². The monoisotopic (exact) mass is 311 g/mol. The molecule has 0 atom stereocenters. The van der Waals surface area contributed by atoms with Gasteiger partial charge >= 0.3 is 0 Å². The van der Waals surface area contributed by atoms with E-state index in [0.717, 1.165) is 18.9 Å². The van der Waals surface area contributed by atoms with Gasteiger partial charge in [-0.1, -0.05) is 11.6 Å². The van der Waals surface area contributed by atoms with Gasteiger partial charge in [-0.15, -0.1) is 0 Å². The van der Waals surface area contributed by atoms with Gasteiger partial charge in [0.15, 0.2) is 0 Å². The summed E-state index contributed by atoms with van der Waals surface area (Å²) in [6.45, 7) is -0.0807. The normalized spacial score (nSPS) is 13.6. The van der Waals surface area contributed by atoms with Crippen molar-refractivity contribution >= 4 is 29.1 Å². The molecular formula is C13H14ClN3O4. The van der Waals surface area contributed by atoms with Crippen LogP contribution in [0.5, 0.6) is 0 Å². The van der Waals surface area contributed by atoms with Crippen LogP contribution in [0.3, 0.4) is 0 Å². The molecule has 0 spiro atoms. The largest absolute Gasteiger partial charge is 0.352 e. The van der Waals surface area contributed by atoms with Gasteiger partial charge in [0.1, 0.15) is 0 Å². The summed E-state index contributed by atoms with van der Waals surface area (Å²) < 4.78 is 0. The first-order valence-electron chi connectivity index (χ1n) is 6.37. The van der Waals surface area contributed by atoms with Gasteiger partial charge in [0.05, 0.1) is 22.1 Å². The molecule has 112 valence electrons. The summed E-state index contributed by atoms with van der Waals surface area (Å²) in [5.41, 5.74) is -0.0605. The van der Waals surface area contributed by atoms with Gasteiger partial charge in [-0.05, 0) is 18.9 Å². The molecule has 0 aromatic heterocycles. The first-order chi connectivity index (χ1) is 9.88. The summed E-state index contributed by atoms with van der Waals surface area (Å²) in [4.78, 5) is 35.1. The van der Waals surface area contributed by atoms with E-state index in [1.54, 1.807) is 0 Å². The fourth-order valence-corrected chi connectivity index (χ4v) is 2.04. The molecule has 21 heavy (non-hydrogen) atoms. The zero-order chi connectivity index (χ0) is 15.6. The van der Waals surface area contributed by atoms with Gasteiger partial charge in [-0.25, -0.2) is 0 Å². The maximum atomic E-state index is 12.2. The van der Waals surface area contributed by atoms with Gasteiger partial charge in [0.2, 0.25) is 5.91 Å². The molecule has 2 rings (SSSR count). The molecule has 0 unspecified atom stereocenters. The van der Waals surface area contributed by atoms with Crippen LogP contribution in [0.1, 0.15) is 23.2 Å². The quantitative estimate of drug-likeness (QED) is 0.660. The van der Waals surface area contributed by atoms with E-state index in [4.69, 9.17) is 11.6 Å². The van der Waals surface area contributed by atoms with Crippen molar-refractivity contribution < 1.29 is 14.5 Å². The van der Waals surface area contributed by atoms with E-state index in [2.05, 4.69) is 5.32 Å². The Hall–Kier alpha value is -2.15. The predicted octanol–water partition coefficient (Wildman–Crippen LogP) is 1.60. The van der Waals surface area contributed by atoms with E-state index in [1.807, 2.05) is 0 Å². The lowest BCUT2D eigenvalue weighted by Crippen LogP contribution is -2.39. The predicted molar refractivity (Wildman–Crippen MR) is 76.2 cm³/mol. The number of carbonyl (C=O) groups excluding carboxylic acids is 2. The minimum Gasteiger partial charge on any atom is -0.352 e. The lowest BCUT2D eigenvalue weighted by molar-refractivity contribution is -0.384. The molecule has 8 heteroatoms. The Morgan fingerprint density at radius 2 is 2.14 bits per heavy atom. The van der Waals surface area contributed by atoms with Crippen LogP contribution < -0.4 is 5.32 Å². The molecule has 7 nitrogen and oxygen atoms in total. The second kappa shape index (κ2) is 6.09. The standard InChI is InChI=1S/C13H14ClN3O4/c1-16(7-12(18)15-8-2-3-8)13(19)10-5-4-9(17(20)21)6-11(10)14/h4-6,8H,2-3,7H2,1H3,(H,15,18). The lowest BCUT2D eigenvalue weighted by Gasteiger charge is -2.17. The van der Waals surface area contributed by atoms with Gasteiger partial charge in [0, 0.05) is 25.2 Å². The molecule has 1 aromatic carbocycles. The number of hydrogen-bond donors (Lipinski definition) is 1. The van der Waals surface area contributed by atoms with E-state index in [9.17, 15) is 19.7 Å². The smallest absolute Gasteiger partial charge is 0.270 e. The Kier molecular flexibility index (Phi) is 4.42. The van der Waals surface area contributed by atoms with Gasteiger partial charge in [-0.2, -0.15) is 0 Å². The fourth-order valence-electron chi connectivity index (χ4n) is 1.78. The number of halogens is 1. The van der Waals surface area contributed by atoms with Crippen LogP contribution in [0, 0.1) is 10.1 Å². The highest BCUT2D eigenvalue weighted by Crippen LogP contribution is 2.23. The number of rotatable bonds is 5. The molecule has 1 N–H and O–H groups in total. The molecule has 1 aliphatic carbocycles. The lowest BCUT2D eigenvalue weighted by atomic mass is 10.2. The third kappa shape index (κ3) is 3.91. The first-order valence-corrected chi connectivity index (χ1v) is 6.75. The molecule has 1 aromatic rings. The second-order valence-electron chi connectivity index (χ2n) is 4.92. The van der Waals surface area contributed by atoms with Gasteiger partial charge in [-0.3, -0.25) is 19.7 Å². The molecular weight excluding hydrogens is 298 g/mol. The molecule has 1 fully saturated rings. The number of benzene rings is 1. The summed E-state index contributed by atoms with van der Waals surface area (Å²) >= 11 is 5.89. The maximum Gasteiger partial charge on any atom is 0.270 e. The molecule has 0 bridgehead atoms. The zero-order valence-electron chi connectivity index (χ0n) is 11.3. The zero-order valence-corrected chi connectivity index (χ0v) is 12.1. The summed E-state index contributed by atoms with van der Waals surface area (Å²) in [7, 11) is 1.48. The summed E-state index contributed by atoms with van der Waals surface area (Å²) in [6.07, 6.45) is 1.94. The minimum atomic E-state index is -0.590. The highest BCUT2D eigenvalue weighted by molar-refractivity contribution is 6.34. The fraction of sp³-hybridized carbons (Fsp3) is 0.385. The Bertz CT molecular complexity index is 601. The Morgan fingerprint density at radius 1 is 1.48 bits per heavy atom. The maximum absolute atomic E-state index is 12.2. The molecule has 0 aliphatic heterocycles. The number of hydrogen-bond acceptors (Lipinski definition) is 4. The average Bonchev–Trinajstić information content (AvgIpc) is 3.21. The summed E-state index contributed by atoms with van der Waals surface area (Å²) in [5, 5.41) is 13.4. The van der Waals surface area contributed by atoms with Gasteiger partial charge in [0.25, 0.3) is 11.6 Å². The van der Waals surface area contributed by atoms with Crippen molar-refractivity contribution in [3.05, 3.63) is 38.9 Å². The number of nitrogens with zero attached hydrogens (tertiary/aromatic N) is 2. The minimum absolute atomic E-state index is 0.0105. The van der Waals surface area contributed by atoms with Crippen molar-refractivity contribution in [2.75, 3.05) is 13.6 Å². The van der Waals surface area contributed by atoms with Crippen molar-refractivity contribution in [2.45, 2.75) is 18.9 Å². The van der Waals surface area contributed by atoms with Gasteiger partial charge < -0.3 is 10.2 Å². The second-order valence-corrected chi connectivity index (χ2v) is 5.33. The van der Waals surface area contributed by atoms with Crippen LogP contribution in [-0.2, 0) is 4.79 Å². The average molecular weight is 312 g/mol. The number of nitro benzene ring substituents is 1. The summed E-state index contributed by atoms with van der Waals surface area (Å²) in [5.74, 6) is -0.688. The van der Waals surface area contributed by atoms with E-state index in [1.165, 1.54) is 24.1 Å². The molecule has 0 heterocycles. The highest BCUT2D eigenvalue weighted by atomic mass is 35.5. The van der Waals surface area contributed by atoms with Crippen LogP contribution in [0.4, 0.5) is 5.69 Å². The topological polar surface area (TPSA) is 92.6 Å². The Labute approximate surface area is 126 Å². The first kappa shape index (κ1) is 15.2. The Balaban J connectivity index is 2.04. The summed E-state index contributed by atoms with van der Waals surface area (Å²) in [6, 6.07) is 3.84. The van der Waals surface area contributed by atoms with Crippen molar-refractivity contribution in [2.24, 2.45) is 0 Å². The number of likely N-dealkylation sites (N-methyl/N-ethyl adjacent to an activating group) is 1. The molecule has 0 saturated heterocycles. The number of non-ortho nitro benzene ring substituents is 1. The van der Waals surface area contributed by atoms with Crippen LogP contribution in [0.2, 0.25) is 5.02 Å². The van der Waals surface area contributed by atoms with Crippen LogP contribution >= 0.6 is 11.6 Å². The number of nitro groups is 1. The van der Waals surface area contributed by atoms with Crippen molar-refractivity contribution in [1.29, 1.82) is 0 Å². The van der Waals surface area contributed by atoms with Crippen molar-refractivity contribution in [3.8, 4) is 0 Å². The number of amides is 2. The van der Waals surface area contributed by atoms with Crippen molar-refractivity contribution in [3.63, 3.8) is 0 Å². The molecule has 2 amide bonds. The highest BCUT2D eigenvalue weighted by Gasteiger charge is 2.25. The number of carbonyl (C=O) groups is 2. The van der Waals surface area contributed by atoms with Crippen LogP contribution in [0.15, 0.2) is 18.2 Å². The molecule has 1 aliphatic rings. The van der Waals surface area contributed by atoms with E-state index >= 15 is 0 Å². The van der Waals surface area contributed by atoms with E-state index in [0.29, 0.717) is 0 Å². The molecule has 0 radical (unpaired) electrons. The van der Waals surface area contributed by atoms with Crippen LogP contribution in [0.25, 0.3) is 0 Å². The number of nitrogens with one attached hydrogen (secondary N) is 1. The Morgan fingerprint density at radius 3 is 2.67 bits per heavy atom. The molecule has 1 saturated carbocycles. The van der Waals surface area contributed by atoms with E-state index in [-0.39, 0.29) is 34.8 Å². The van der Waals surface area contributed by atoms with E-state index < -0.39 is 10.8 Å². The van der Waals surface area contributed by atoms with Crippen LogP contribution in [-0.4, -0.2) is 41.3 Å².